The van der Waals surface area contributed by atoms with Gasteiger partial charge in [-0.25, -0.2) is 13.1 Å². The van der Waals surface area contributed by atoms with E-state index < -0.39 is 10.0 Å². The van der Waals surface area contributed by atoms with Gasteiger partial charge in [-0.3, -0.25) is 4.98 Å². The standard InChI is InChI=1S/C13H16N2O2S2/c16-19(17,9-7-12-4-2-1-3-5-12)15-8-6-13-10-14-11-18-13/h1-5,10-11,15H,6-9H2. The second kappa shape index (κ2) is 6.79. The van der Waals surface area contributed by atoms with Gasteiger partial charge in [0.05, 0.1) is 11.3 Å². The van der Waals surface area contributed by atoms with Gasteiger partial charge in [-0.15, -0.1) is 11.3 Å². The van der Waals surface area contributed by atoms with Crippen LogP contribution in [0.15, 0.2) is 42.0 Å². The maximum Gasteiger partial charge on any atom is 0.211 e. The van der Waals surface area contributed by atoms with E-state index in [1.165, 1.54) is 11.3 Å². The predicted octanol–water partition coefficient (Wildman–Crippen LogP) is 1.85. The van der Waals surface area contributed by atoms with Crippen LogP contribution < -0.4 is 4.72 Å². The first kappa shape index (κ1) is 14.2. The molecule has 2 aromatic rings. The van der Waals surface area contributed by atoms with Crippen LogP contribution in [0.3, 0.4) is 0 Å². The molecule has 19 heavy (non-hydrogen) atoms. The average Bonchev–Trinajstić information content (AvgIpc) is 2.91. The summed E-state index contributed by atoms with van der Waals surface area (Å²) >= 11 is 1.54. The van der Waals surface area contributed by atoms with Crippen LogP contribution >= 0.6 is 11.3 Å². The van der Waals surface area contributed by atoms with Crippen molar-refractivity contribution in [2.24, 2.45) is 0 Å². The van der Waals surface area contributed by atoms with Crippen molar-refractivity contribution < 1.29 is 8.42 Å². The molecule has 1 heterocycles. The zero-order chi connectivity index (χ0) is 13.6. The molecule has 0 saturated carbocycles. The zero-order valence-corrected chi connectivity index (χ0v) is 12.1. The number of aryl methyl sites for hydroxylation is 1. The van der Waals surface area contributed by atoms with E-state index in [1.807, 2.05) is 30.3 Å². The third kappa shape index (κ3) is 5.10. The highest BCUT2D eigenvalue weighted by atomic mass is 32.2. The van der Waals surface area contributed by atoms with Crippen molar-refractivity contribution in [1.82, 2.24) is 9.71 Å². The molecule has 4 nitrogen and oxygen atoms in total. The molecule has 1 N–H and O–H groups in total. The molecule has 0 aliphatic heterocycles. The molecule has 0 radical (unpaired) electrons. The van der Waals surface area contributed by atoms with Gasteiger partial charge >= 0.3 is 0 Å². The maximum atomic E-state index is 11.8. The molecule has 1 aromatic carbocycles. The van der Waals surface area contributed by atoms with E-state index in [9.17, 15) is 8.42 Å². The van der Waals surface area contributed by atoms with E-state index in [1.54, 1.807) is 11.7 Å². The largest absolute Gasteiger partial charge is 0.253 e. The number of thiazole rings is 1. The summed E-state index contributed by atoms with van der Waals surface area (Å²) in [5.74, 6) is 0.125. The molecule has 6 heteroatoms. The summed E-state index contributed by atoms with van der Waals surface area (Å²) in [7, 11) is -3.20. The van der Waals surface area contributed by atoms with Gasteiger partial charge in [-0.2, -0.15) is 0 Å². The van der Waals surface area contributed by atoms with Crippen LogP contribution in [0.2, 0.25) is 0 Å². The lowest BCUT2D eigenvalue weighted by Crippen LogP contribution is -2.29. The lowest BCUT2D eigenvalue weighted by molar-refractivity contribution is 0.581. The smallest absolute Gasteiger partial charge is 0.211 e. The summed E-state index contributed by atoms with van der Waals surface area (Å²) in [6.45, 7) is 0.430. The molecule has 0 aliphatic carbocycles. The van der Waals surface area contributed by atoms with Gasteiger partial charge in [-0.05, 0) is 18.4 Å². The van der Waals surface area contributed by atoms with Gasteiger partial charge < -0.3 is 0 Å². The third-order valence-corrected chi connectivity index (χ3v) is 4.90. The van der Waals surface area contributed by atoms with Crippen molar-refractivity contribution in [3.63, 3.8) is 0 Å². The molecule has 1 aromatic heterocycles. The fourth-order valence-electron chi connectivity index (χ4n) is 1.66. The van der Waals surface area contributed by atoms with Gasteiger partial charge in [0, 0.05) is 17.6 Å². The van der Waals surface area contributed by atoms with Crippen molar-refractivity contribution >= 4 is 21.4 Å². The second-order valence-electron chi connectivity index (χ2n) is 4.17. The minimum absolute atomic E-state index is 0.125. The SMILES string of the molecule is O=S(=O)(CCc1ccccc1)NCCc1cncs1. The maximum absolute atomic E-state index is 11.8. The minimum atomic E-state index is -3.20. The summed E-state index contributed by atoms with van der Waals surface area (Å²) in [4.78, 5) is 5.04. The van der Waals surface area contributed by atoms with Gasteiger partial charge in [0.25, 0.3) is 0 Å². The number of nitrogens with one attached hydrogen (secondary N) is 1. The molecule has 0 fully saturated rings. The molecule has 0 amide bonds. The van der Waals surface area contributed by atoms with Crippen molar-refractivity contribution in [2.45, 2.75) is 12.8 Å². The normalized spacial score (nSPS) is 11.6. The van der Waals surface area contributed by atoms with Crippen LogP contribution in [0, 0.1) is 0 Å². The van der Waals surface area contributed by atoms with Crippen LogP contribution in [-0.4, -0.2) is 25.7 Å². The van der Waals surface area contributed by atoms with Crippen molar-refractivity contribution in [1.29, 1.82) is 0 Å². The second-order valence-corrected chi connectivity index (χ2v) is 7.06. The minimum Gasteiger partial charge on any atom is -0.253 e. The summed E-state index contributed by atoms with van der Waals surface area (Å²) in [6, 6.07) is 9.63. The molecule has 2 rings (SSSR count). The van der Waals surface area contributed by atoms with Crippen LogP contribution in [-0.2, 0) is 22.9 Å². The zero-order valence-electron chi connectivity index (χ0n) is 10.5. The number of rotatable bonds is 7. The number of sulfonamides is 1. The Hall–Kier alpha value is -1.24. The number of hydrogen-bond donors (Lipinski definition) is 1. The Morgan fingerprint density at radius 2 is 1.95 bits per heavy atom. The summed E-state index contributed by atoms with van der Waals surface area (Å²) in [5, 5.41) is 0. The van der Waals surface area contributed by atoms with E-state index in [0.29, 0.717) is 19.4 Å². The van der Waals surface area contributed by atoms with Gasteiger partial charge in [0.2, 0.25) is 10.0 Å². The monoisotopic (exact) mass is 296 g/mol. The number of aromatic nitrogens is 1. The first-order valence-corrected chi connectivity index (χ1v) is 8.57. The molecule has 0 atom stereocenters. The van der Waals surface area contributed by atoms with E-state index in [2.05, 4.69) is 9.71 Å². The molecule has 0 unspecified atom stereocenters. The van der Waals surface area contributed by atoms with E-state index in [-0.39, 0.29) is 5.75 Å². The summed E-state index contributed by atoms with van der Waals surface area (Å²) in [6.07, 6.45) is 2.99. The van der Waals surface area contributed by atoms with Crippen molar-refractivity contribution in [3.8, 4) is 0 Å². The van der Waals surface area contributed by atoms with Gasteiger partial charge in [0.1, 0.15) is 0 Å². The van der Waals surface area contributed by atoms with E-state index in [0.717, 1.165) is 10.4 Å². The van der Waals surface area contributed by atoms with Gasteiger partial charge in [0.15, 0.2) is 0 Å². The Morgan fingerprint density at radius 3 is 2.63 bits per heavy atom. The molecule has 0 spiro atoms. The Balaban J connectivity index is 1.76. The fraction of sp³-hybridized carbons (Fsp3) is 0.308. The van der Waals surface area contributed by atoms with Crippen LogP contribution in [0.4, 0.5) is 0 Å². The third-order valence-electron chi connectivity index (χ3n) is 2.68. The lowest BCUT2D eigenvalue weighted by Gasteiger charge is -2.06. The number of benzene rings is 1. The lowest BCUT2D eigenvalue weighted by atomic mass is 10.2. The Bertz CT molecular complexity index is 580. The molecular weight excluding hydrogens is 280 g/mol. The Morgan fingerprint density at radius 1 is 1.16 bits per heavy atom. The topological polar surface area (TPSA) is 59.1 Å². The van der Waals surface area contributed by atoms with E-state index in [4.69, 9.17) is 0 Å². The molecule has 0 bridgehead atoms. The van der Waals surface area contributed by atoms with Gasteiger partial charge in [-0.1, -0.05) is 30.3 Å². The summed E-state index contributed by atoms with van der Waals surface area (Å²) in [5.41, 5.74) is 2.79. The first-order valence-electron chi connectivity index (χ1n) is 6.04. The van der Waals surface area contributed by atoms with Crippen LogP contribution in [0.1, 0.15) is 10.4 Å². The average molecular weight is 296 g/mol. The highest BCUT2D eigenvalue weighted by Crippen LogP contribution is 2.06. The molecule has 0 saturated heterocycles. The summed E-state index contributed by atoms with van der Waals surface area (Å²) < 4.78 is 26.2. The Labute approximate surface area is 117 Å². The van der Waals surface area contributed by atoms with Crippen LogP contribution in [0.5, 0.6) is 0 Å². The number of hydrogen-bond acceptors (Lipinski definition) is 4. The highest BCUT2D eigenvalue weighted by Gasteiger charge is 2.09. The quantitative estimate of drug-likeness (QED) is 0.848. The Kier molecular flexibility index (Phi) is 5.07. The van der Waals surface area contributed by atoms with Crippen molar-refractivity contribution in [2.75, 3.05) is 12.3 Å². The molecule has 102 valence electrons. The first-order chi connectivity index (χ1) is 9.16. The van der Waals surface area contributed by atoms with Crippen molar-refractivity contribution in [3.05, 3.63) is 52.5 Å². The molecule has 0 aliphatic rings. The van der Waals surface area contributed by atoms with Crippen LogP contribution in [0.25, 0.3) is 0 Å². The predicted molar refractivity (Wildman–Crippen MR) is 77.8 cm³/mol. The van der Waals surface area contributed by atoms with E-state index >= 15 is 0 Å². The number of nitrogens with zero attached hydrogens (tertiary/aromatic N) is 1. The molecular formula is C13H16N2O2S2. The highest BCUT2D eigenvalue weighted by molar-refractivity contribution is 7.89. The fourth-order valence-corrected chi connectivity index (χ4v) is 3.32.